The Hall–Kier alpha value is -3.03. The molecule has 1 unspecified atom stereocenters. The predicted molar refractivity (Wildman–Crippen MR) is 119 cm³/mol. The fourth-order valence-electron chi connectivity index (χ4n) is 4.04. The van der Waals surface area contributed by atoms with E-state index in [0.29, 0.717) is 39.0 Å². The fourth-order valence-corrected chi connectivity index (χ4v) is 4.04. The molecule has 3 rings (SSSR count). The SMILES string of the molecule is CCN(CC)C(=O)N1CCC(C(=O)NC(c2ccc(OC)cc2)c2nccn2C)CC1. The molecule has 0 aliphatic carbocycles. The molecule has 1 fully saturated rings. The van der Waals surface area contributed by atoms with Crippen molar-refractivity contribution in [3.05, 3.63) is 48.0 Å². The van der Waals surface area contributed by atoms with Gasteiger partial charge in [0.2, 0.25) is 5.91 Å². The summed E-state index contributed by atoms with van der Waals surface area (Å²) in [4.78, 5) is 33.9. The molecule has 1 atom stereocenters. The zero-order valence-corrected chi connectivity index (χ0v) is 18.9. The highest BCUT2D eigenvalue weighted by molar-refractivity contribution is 5.80. The van der Waals surface area contributed by atoms with Crippen LogP contribution in [-0.4, -0.2) is 64.6 Å². The van der Waals surface area contributed by atoms with Crippen molar-refractivity contribution in [2.75, 3.05) is 33.3 Å². The number of benzene rings is 1. The summed E-state index contributed by atoms with van der Waals surface area (Å²) in [5, 5.41) is 3.20. The van der Waals surface area contributed by atoms with Crippen LogP contribution < -0.4 is 10.1 Å². The number of nitrogens with zero attached hydrogens (tertiary/aromatic N) is 4. The molecule has 8 heteroatoms. The normalized spacial score (nSPS) is 15.4. The zero-order valence-electron chi connectivity index (χ0n) is 18.9. The quantitative estimate of drug-likeness (QED) is 0.737. The average molecular weight is 428 g/mol. The summed E-state index contributed by atoms with van der Waals surface area (Å²) in [5.74, 6) is 1.41. The van der Waals surface area contributed by atoms with Crippen LogP contribution in [0.4, 0.5) is 4.79 Å². The summed E-state index contributed by atoms with van der Waals surface area (Å²) < 4.78 is 7.18. The number of carbonyl (C=O) groups is 2. The summed E-state index contributed by atoms with van der Waals surface area (Å²) in [6.07, 6.45) is 4.92. The number of rotatable bonds is 7. The largest absolute Gasteiger partial charge is 0.497 e. The van der Waals surface area contributed by atoms with E-state index in [2.05, 4.69) is 10.3 Å². The number of aromatic nitrogens is 2. The highest BCUT2D eigenvalue weighted by Crippen LogP contribution is 2.25. The van der Waals surface area contributed by atoms with Crippen LogP contribution in [0.1, 0.15) is 44.1 Å². The molecule has 0 bridgehead atoms. The summed E-state index contributed by atoms with van der Waals surface area (Å²) >= 11 is 0. The lowest BCUT2D eigenvalue weighted by atomic mass is 9.95. The number of imidazole rings is 1. The van der Waals surface area contributed by atoms with Crippen LogP contribution in [0.15, 0.2) is 36.7 Å². The number of nitrogens with one attached hydrogen (secondary N) is 1. The zero-order chi connectivity index (χ0) is 22.4. The number of urea groups is 1. The number of hydrogen-bond acceptors (Lipinski definition) is 4. The lowest BCUT2D eigenvalue weighted by Crippen LogP contribution is -2.48. The van der Waals surface area contributed by atoms with Gasteiger partial charge in [-0.15, -0.1) is 0 Å². The van der Waals surface area contributed by atoms with Crippen LogP contribution in [-0.2, 0) is 11.8 Å². The van der Waals surface area contributed by atoms with E-state index in [1.54, 1.807) is 13.3 Å². The second-order valence-electron chi connectivity index (χ2n) is 7.83. The van der Waals surface area contributed by atoms with Crippen molar-refractivity contribution in [2.24, 2.45) is 13.0 Å². The van der Waals surface area contributed by atoms with Gasteiger partial charge < -0.3 is 24.4 Å². The van der Waals surface area contributed by atoms with Gasteiger partial charge in [-0.3, -0.25) is 4.79 Å². The monoisotopic (exact) mass is 427 g/mol. The van der Waals surface area contributed by atoms with Gasteiger partial charge >= 0.3 is 6.03 Å². The molecule has 1 N–H and O–H groups in total. The fraction of sp³-hybridized carbons (Fsp3) is 0.522. The third kappa shape index (κ3) is 5.18. The minimum atomic E-state index is -0.353. The first kappa shape index (κ1) is 22.7. The molecule has 0 radical (unpaired) electrons. The number of hydrogen-bond donors (Lipinski definition) is 1. The molecule has 0 spiro atoms. The van der Waals surface area contributed by atoms with Gasteiger partial charge in [0.05, 0.1) is 7.11 Å². The van der Waals surface area contributed by atoms with Crippen LogP contribution in [0.5, 0.6) is 5.75 Å². The maximum Gasteiger partial charge on any atom is 0.319 e. The van der Waals surface area contributed by atoms with Crippen molar-refractivity contribution in [1.82, 2.24) is 24.7 Å². The van der Waals surface area contributed by atoms with Crippen molar-refractivity contribution in [3.8, 4) is 5.75 Å². The highest BCUT2D eigenvalue weighted by atomic mass is 16.5. The van der Waals surface area contributed by atoms with Gasteiger partial charge in [0, 0.05) is 51.5 Å². The van der Waals surface area contributed by atoms with Gasteiger partial charge in [-0.25, -0.2) is 9.78 Å². The first-order valence-corrected chi connectivity index (χ1v) is 10.9. The summed E-state index contributed by atoms with van der Waals surface area (Å²) in [5.41, 5.74) is 0.942. The van der Waals surface area contributed by atoms with Crippen LogP contribution in [0.25, 0.3) is 0 Å². The third-order valence-electron chi connectivity index (χ3n) is 6.02. The minimum absolute atomic E-state index is 0.00115. The highest BCUT2D eigenvalue weighted by Gasteiger charge is 2.31. The van der Waals surface area contributed by atoms with Gasteiger partial charge in [0.15, 0.2) is 0 Å². The molecule has 3 amide bonds. The van der Waals surface area contributed by atoms with Gasteiger partial charge in [0.1, 0.15) is 17.6 Å². The lowest BCUT2D eigenvalue weighted by molar-refractivity contribution is -0.126. The van der Waals surface area contributed by atoms with Crippen LogP contribution in [0.3, 0.4) is 0 Å². The molecule has 31 heavy (non-hydrogen) atoms. The lowest BCUT2D eigenvalue weighted by Gasteiger charge is -2.35. The van der Waals surface area contributed by atoms with Crippen molar-refractivity contribution in [2.45, 2.75) is 32.7 Å². The number of piperidine rings is 1. The Balaban J connectivity index is 1.69. The van der Waals surface area contributed by atoms with E-state index in [1.807, 2.05) is 65.7 Å². The van der Waals surface area contributed by atoms with E-state index >= 15 is 0 Å². The number of likely N-dealkylation sites (tertiary alicyclic amines) is 1. The molecule has 1 saturated heterocycles. The molecular weight excluding hydrogens is 394 g/mol. The first-order valence-electron chi connectivity index (χ1n) is 10.9. The van der Waals surface area contributed by atoms with Gasteiger partial charge in [-0.05, 0) is 44.4 Å². The summed E-state index contributed by atoms with van der Waals surface area (Å²) in [6.45, 7) is 6.56. The van der Waals surface area contributed by atoms with Crippen molar-refractivity contribution in [3.63, 3.8) is 0 Å². The van der Waals surface area contributed by atoms with Crippen LogP contribution >= 0.6 is 0 Å². The van der Waals surface area contributed by atoms with E-state index in [0.717, 1.165) is 17.1 Å². The first-order chi connectivity index (χ1) is 15.0. The van der Waals surface area contributed by atoms with Gasteiger partial charge in [-0.2, -0.15) is 0 Å². The number of methoxy groups -OCH3 is 1. The van der Waals surface area contributed by atoms with E-state index in [4.69, 9.17) is 4.74 Å². The van der Waals surface area contributed by atoms with E-state index < -0.39 is 0 Å². The summed E-state index contributed by atoms with van der Waals surface area (Å²) in [7, 11) is 3.55. The maximum atomic E-state index is 13.1. The Bertz CT molecular complexity index is 868. The maximum absolute atomic E-state index is 13.1. The molecular formula is C23H33N5O3. The summed E-state index contributed by atoms with van der Waals surface area (Å²) in [6, 6.07) is 7.37. The molecule has 2 aromatic rings. The number of carbonyl (C=O) groups excluding carboxylic acids is 2. The van der Waals surface area contributed by atoms with Crippen LogP contribution in [0.2, 0.25) is 0 Å². The predicted octanol–water partition coefficient (Wildman–Crippen LogP) is 2.81. The number of amides is 3. The molecule has 168 valence electrons. The Morgan fingerprint density at radius 2 is 1.84 bits per heavy atom. The minimum Gasteiger partial charge on any atom is -0.497 e. The number of aryl methyl sites for hydroxylation is 1. The van der Waals surface area contributed by atoms with Gasteiger partial charge in [0.25, 0.3) is 0 Å². The van der Waals surface area contributed by atoms with E-state index in [9.17, 15) is 9.59 Å². The van der Waals surface area contributed by atoms with E-state index in [1.165, 1.54) is 0 Å². The Morgan fingerprint density at radius 3 is 2.35 bits per heavy atom. The third-order valence-corrected chi connectivity index (χ3v) is 6.02. The van der Waals surface area contributed by atoms with Crippen LogP contribution in [0, 0.1) is 5.92 Å². The molecule has 1 aromatic carbocycles. The molecule has 1 aliphatic heterocycles. The van der Waals surface area contributed by atoms with E-state index in [-0.39, 0.29) is 23.9 Å². The molecule has 1 aliphatic rings. The van der Waals surface area contributed by atoms with Crippen molar-refractivity contribution < 1.29 is 14.3 Å². The van der Waals surface area contributed by atoms with Crippen molar-refractivity contribution in [1.29, 1.82) is 0 Å². The Labute approximate surface area is 184 Å². The topological polar surface area (TPSA) is 79.7 Å². The molecule has 8 nitrogen and oxygen atoms in total. The number of ether oxygens (including phenoxy) is 1. The second kappa shape index (κ2) is 10.3. The molecule has 1 aromatic heterocycles. The molecule has 2 heterocycles. The molecule has 0 saturated carbocycles. The van der Waals surface area contributed by atoms with Crippen molar-refractivity contribution >= 4 is 11.9 Å². The Kier molecular flexibility index (Phi) is 7.55. The average Bonchev–Trinajstić information content (AvgIpc) is 3.23. The Morgan fingerprint density at radius 1 is 1.19 bits per heavy atom. The van der Waals surface area contributed by atoms with Gasteiger partial charge in [-0.1, -0.05) is 12.1 Å². The standard InChI is InChI=1S/C23H33N5O3/c1-5-27(6-2)23(30)28-14-11-18(12-15-28)22(29)25-20(21-24-13-16-26(21)3)17-7-9-19(31-4)10-8-17/h7-10,13,16,18,20H,5-6,11-12,14-15H2,1-4H3,(H,25,29). The second-order valence-corrected chi connectivity index (χ2v) is 7.83. The smallest absolute Gasteiger partial charge is 0.319 e.